The number of amides is 2. The number of carboxylic acid groups (broad SMARTS) is 1. The monoisotopic (exact) mass is 256 g/mol. The molecule has 3 N–H and O–H groups in total. The molecular formula is C13H24N2O3. The van der Waals surface area contributed by atoms with Crippen LogP contribution < -0.4 is 5.73 Å². The van der Waals surface area contributed by atoms with E-state index in [1.807, 2.05) is 20.8 Å². The van der Waals surface area contributed by atoms with Crippen LogP contribution in [0.3, 0.4) is 0 Å². The number of primary amides is 1. The molecule has 5 nitrogen and oxygen atoms in total. The van der Waals surface area contributed by atoms with Gasteiger partial charge >= 0.3 is 6.09 Å². The molecular weight excluding hydrogens is 232 g/mol. The lowest BCUT2D eigenvalue weighted by molar-refractivity contribution is -0.123. The molecule has 104 valence electrons. The van der Waals surface area contributed by atoms with Crippen molar-refractivity contribution in [1.29, 1.82) is 0 Å². The fraction of sp³-hybridized carbons (Fsp3) is 0.846. The Labute approximate surface area is 108 Å². The Morgan fingerprint density at radius 2 is 1.72 bits per heavy atom. The number of hydrogen-bond acceptors (Lipinski definition) is 2. The van der Waals surface area contributed by atoms with Crippen LogP contribution in [0.4, 0.5) is 4.79 Å². The number of nitrogens with zero attached hydrogens (tertiary/aromatic N) is 1. The highest BCUT2D eigenvalue weighted by molar-refractivity contribution is 5.76. The van der Waals surface area contributed by atoms with Crippen molar-refractivity contribution in [2.75, 3.05) is 6.54 Å². The predicted molar refractivity (Wildman–Crippen MR) is 69.1 cm³/mol. The Balaban J connectivity index is 2.53. The average Bonchev–Trinajstić information content (AvgIpc) is 2.24. The molecule has 0 radical (unpaired) electrons. The van der Waals surface area contributed by atoms with Crippen LogP contribution in [-0.4, -0.2) is 34.1 Å². The number of carbonyl (C=O) groups is 2. The molecule has 0 aliphatic heterocycles. The Bertz CT molecular complexity index is 315. The summed E-state index contributed by atoms with van der Waals surface area (Å²) in [5.41, 5.74) is 4.91. The summed E-state index contributed by atoms with van der Waals surface area (Å²) in [7, 11) is 0. The molecule has 1 fully saturated rings. The third kappa shape index (κ3) is 3.89. The third-order valence-corrected chi connectivity index (χ3v) is 3.73. The highest BCUT2D eigenvalue weighted by Crippen LogP contribution is 2.30. The maximum Gasteiger partial charge on any atom is 0.407 e. The van der Waals surface area contributed by atoms with Crippen molar-refractivity contribution < 1.29 is 14.7 Å². The molecule has 1 aliphatic carbocycles. The third-order valence-electron chi connectivity index (χ3n) is 3.73. The standard InChI is InChI=1S/C13H24N2O3/c1-13(2,3)15(12(17)18)8-9-4-6-10(7-5-9)11(14)16/h9-10H,4-8H2,1-3H3,(H2,14,16)(H,17,18)/t9-,10-. The first-order valence-corrected chi connectivity index (χ1v) is 6.51. The number of hydrogen-bond donors (Lipinski definition) is 2. The van der Waals surface area contributed by atoms with Crippen molar-refractivity contribution in [2.24, 2.45) is 17.6 Å². The Hall–Kier alpha value is -1.26. The normalized spacial score (nSPS) is 24.6. The van der Waals surface area contributed by atoms with E-state index in [0.717, 1.165) is 25.7 Å². The molecule has 1 aliphatic rings. The van der Waals surface area contributed by atoms with Crippen LogP contribution in [0.5, 0.6) is 0 Å². The second-order valence-electron chi connectivity index (χ2n) is 6.18. The molecule has 0 atom stereocenters. The number of nitrogens with two attached hydrogens (primary N) is 1. The van der Waals surface area contributed by atoms with Gasteiger partial charge in [0.05, 0.1) is 0 Å². The Morgan fingerprint density at radius 3 is 2.06 bits per heavy atom. The molecule has 0 unspecified atom stereocenters. The van der Waals surface area contributed by atoms with Crippen LogP contribution in [0.15, 0.2) is 0 Å². The predicted octanol–water partition coefficient (Wildman–Crippen LogP) is 2.06. The maximum absolute atomic E-state index is 11.2. The molecule has 2 amide bonds. The second-order valence-corrected chi connectivity index (χ2v) is 6.18. The summed E-state index contributed by atoms with van der Waals surface area (Å²) in [4.78, 5) is 23.8. The van der Waals surface area contributed by atoms with Crippen molar-refractivity contribution in [3.63, 3.8) is 0 Å². The van der Waals surface area contributed by atoms with E-state index in [1.165, 1.54) is 4.90 Å². The molecule has 0 saturated heterocycles. The van der Waals surface area contributed by atoms with E-state index in [2.05, 4.69) is 0 Å². The fourth-order valence-corrected chi connectivity index (χ4v) is 2.53. The average molecular weight is 256 g/mol. The van der Waals surface area contributed by atoms with Gasteiger partial charge in [0.2, 0.25) is 5.91 Å². The van der Waals surface area contributed by atoms with E-state index in [1.54, 1.807) is 0 Å². The zero-order valence-electron chi connectivity index (χ0n) is 11.5. The molecule has 0 bridgehead atoms. The topological polar surface area (TPSA) is 83.6 Å². The largest absolute Gasteiger partial charge is 0.465 e. The van der Waals surface area contributed by atoms with Gasteiger partial charge in [0.15, 0.2) is 0 Å². The van der Waals surface area contributed by atoms with Crippen LogP contribution in [0.2, 0.25) is 0 Å². The second kappa shape index (κ2) is 5.59. The summed E-state index contributed by atoms with van der Waals surface area (Å²) in [6.45, 7) is 6.24. The molecule has 1 saturated carbocycles. The van der Waals surface area contributed by atoms with E-state index in [0.29, 0.717) is 12.5 Å². The van der Waals surface area contributed by atoms with Crippen LogP contribution >= 0.6 is 0 Å². The Kier molecular flexibility index (Phi) is 4.59. The summed E-state index contributed by atoms with van der Waals surface area (Å²) in [6, 6.07) is 0. The highest BCUT2D eigenvalue weighted by atomic mass is 16.4. The SMILES string of the molecule is CC(C)(C)N(C[C@H]1CC[C@H](C(N)=O)CC1)C(=O)O. The summed E-state index contributed by atoms with van der Waals surface area (Å²) >= 11 is 0. The molecule has 5 heteroatoms. The molecule has 18 heavy (non-hydrogen) atoms. The van der Waals surface area contributed by atoms with E-state index < -0.39 is 6.09 Å². The smallest absolute Gasteiger partial charge is 0.407 e. The van der Waals surface area contributed by atoms with Crippen molar-refractivity contribution in [3.05, 3.63) is 0 Å². The lowest BCUT2D eigenvalue weighted by Crippen LogP contribution is -2.47. The lowest BCUT2D eigenvalue weighted by atomic mass is 9.81. The first-order valence-electron chi connectivity index (χ1n) is 6.51. The molecule has 0 aromatic carbocycles. The van der Waals surface area contributed by atoms with Crippen LogP contribution in [0, 0.1) is 11.8 Å². The van der Waals surface area contributed by atoms with Gasteiger partial charge in [0, 0.05) is 18.0 Å². The molecule has 0 aromatic rings. The zero-order valence-corrected chi connectivity index (χ0v) is 11.5. The first-order chi connectivity index (χ1) is 8.21. The van der Waals surface area contributed by atoms with Gasteiger partial charge in [-0.25, -0.2) is 4.79 Å². The summed E-state index contributed by atoms with van der Waals surface area (Å²) in [5.74, 6) is 0.101. The number of carbonyl (C=O) groups excluding carboxylic acids is 1. The van der Waals surface area contributed by atoms with Gasteiger partial charge in [-0.15, -0.1) is 0 Å². The van der Waals surface area contributed by atoms with E-state index in [9.17, 15) is 14.7 Å². The van der Waals surface area contributed by atoms with Crippen molar-refractivity contribution in [3.8, 4) is 0 Å². The minimum atomic E-state index is -0.875. The van der Waals surface area contributed by atoms with Gasteiger partial charge in [0.25, 0.3) is 0 Å². The van der Waals surface area contributed by atoms with Crippen molar-refractivity contribution in [2.45, 2.75) is 52.0 Å². The Morgan fingerprint density at radius 1 is 1.22 bits per heavy atom. The molecule has 1 rings (SSSR count). The van der Waals surface area contributed by atoms with Gasteiger partial charge in [-0.2, -0.15) is 0 Å². The van der Waals surface area contributed by atoms with Crippen molar-refractivity contribution in [1.82, 2.24) is 4.90 Å². The summed E-state index contributed by atoms with van der Waals surface area (Å²) in [6.07, 6.45) is 2.47. The number of rotatable bonds is 3. The summed E-state index contributed by atoms with van der Waals surface area (Å²) in [5, 5.41) is 9.23. The van der Waals surface area contributed by atoms with E-state index in [-0.39, 0.29) is 17.4 Å². The van der Waals surface area contributed by atoms with E-state index >= 15 is 0 Å². The highest BCUT2D eigenvalue weighted by Gasteiger charge is 2.31. The van der Waals surface area contributed by atoms with Gasteiger partial charge in [-0.1, -0.05) is 0 Å². The van der Waals surface area contributed by atoms with Gasteiger partial charge < -0.3 is 15.7 Å². The first kappa shape index (κ1) is 14.8. The van der Waals surface area contributed by atoms with Gasteiger partial charge in [-0.05, 0) is 52.4 Å². The van der Waals surface area contributed by atoms with Crippen LogP contribution in [-0.2, 0) is 4.79 Å². The fourth-order valence-electron chi connectivity index (χ4n) is 2.53. The van der Waals surface area contributed by atoms with Gasteiger partial charge in [-0.3, -0.25) is 4.79 Å². The maximum atomic E-state index is 11.2. The minimum absolute atomic E-state index is 0.0193. The molecule has 0 aromatic heterocycles. The van der Waals surface area contributed by atoms with Crippen LogP contribution in [0.1, 0.15) is 46.5 Å². The molecule has 0 heterocycles. The van der Waals surface area contributed by atoms with Crippen molar-refractivity contribution >= 4 is 12.0 Å². The quantitative estimate of drug-likeness (QED) is 0.810. The summed E-state index contributed by atoms with van der Waals surface area (Å²) < 4.78 is 0. The zero-order chi connectivity index (χ0) is 13.9. The van der Waals surface area contributed by atoms with Crippen LogP contribution in [0.25, 0.3) is 0 Å². The minimum Gasteiger partial charge on any atom is -0.465 e. The van der Waals surface area contributed by atoms with Gasteiger partial charge in [0.1, 0.15) is 0 Å². The van der Waals surface area contributed by atoms with E-state index in [4.69, 9.17) is 5.73 Å². The lowest BCUT2D eigenvalue weighted by Gasteiger charge is -2.37. The molecule has 0 spiro atoms.